The van der Waals surface area contributed by atoms with Crippen molar-refractivity contribution in [1.29, 1.82) is 0 Å². The fourth-order valence-electron chi connectivity index (χ4n) is 3.26. The fourth-order valence-corrected chi connectivity index (χ4v) is 3.66. The highest BCUT2D eigenvalue weighted by molar-refractivity contribution is 9.18. The molecule has 23 heavy (non-hydrogen) atoms. The molecule has 0 bridgehead atoms. The van der Waals surface area contributed by atoms with Gasteiger partial charge in [0.15, 0.2) is 0 Å². The van der Waals surface area contributed by atoms with Crippen molar-refractivity contribution in [3.8, 4) is 0 Å². The first-order chi connectivity index (χ1) is 10.9. The first kappa shape index (κ1) is 16.8. The lowest BCUT2D eigenvalue weighted by Gasteiger charge is -2.34. The van der Waals surface area contributed by atoms with Crippen molar-refractivity contribution in [2.45, 2.75) is 38.1 Å². The summed E-state index contributed by atoms with van der Waals surface area (Å²) in [6.45, 7) is 2.27. The van der Waals surface area contributed by atoms with Gasteiger partial charge in [-0.3, -0.25) is 4.90 Å². The van der Waals surface area contributed by atoms with Gasteiger partial charge in [-0.2, -0.15) is 13.2 Å². The molecular weight excluding hydrogens is 373 g/mol. The van der Waals surface area contributed by atoms with E-state index in [1.165, 1.54) is 12.1 Å². The largest absolute Gasteiger partial charge is 0.416 e. The summed E-state index contributed by atoms with van der Waals surface area (Å²) in [5, 5.41) is 3.93. The monoisotopic (exact) mass is 390 g/mol. The molecule has 0 aliphatic carbocycles. The van der Waals surface area contributed by atoms with Crippen LogP contribution in [0.15, 0.2) is 29.4 Å². The van der Waals surface area contributed by atoms with Gasteiger partial charge in [0.2, 0.25) is 0 Å². The lowest BCUT2D eigenvalue weighted by Crippen LogP contribution is -2.40. The molecule has 2 atom stereocenters. The van der Waals surface area contributed by atoms with E-state index in [1.54, 1.807) is 6.07 Å². The summed E-state index contributed by atoms with van der Waals surface area (Å²) in [7, 11) is 0. The number of halogens is 4. The Balaban J connectivity index is 1.62. The van der Waals surface area contributed by atoms with Crippen LogP contribution in [-0.4, -0.2) is 28.7 Å². The second-order valence-corrected chi connectivity index (χ2v) is 7.07. The highest BCUT2D eigenvalue weighted by Gasteiger charge is 2.33. The van der Waals surface area contributed by atoms with Crippen molar-refractivity contribution in [1.82, 2.24) is 4.90 Å². The lowest BCUT2D eigenvalue weighted by molar-refractivity contribution is -0.137. The van der Waals surface area contributed by atoms with Crippen LogP contribution in [0, 0.1) is 5.92 Å². The summed E-state index contributed by atoms with van der Waals surface area (Å²) in [6, 6.07) is 5.59. The third-order valence-electron chi connectivity index (χ3n) is 4.39. The van der Waals surface area contributed by atoms with Gasteiger partial charge in [0.05, 0.1) is 5.56 Å². The third-order valence-corrected chi connectivity index (χ3v) is 4.85. The van der Waals surface area contributed by atoms with E-state index in [4.69, 9.17) is 4.84 Å². The normalized spacial score (nSPS) is 26.0. The number of alkyl halides is 3. The van der Waals surface area contributed by atoms with Crippen LogP contribution in [0.25, 0.3) is 0 Å². The minimum atomic E-state index is -4.29. The lowest BCUT2D eigenvalue weighted by atomic mass is 9.91. The second kappa shape index (κ2) is 6.81. The Morgan fingerprint density at radius 2 is 2.17 bits per heavy atom. The van der Waals surface area contributed by atoms with Crippen LogP contribution in [0.5, 0.6) is 0 Å². The molecule has 3 rings (SSSR count). The van der Waals surface area contributed by atoms with Crippen molar-refractivity contribution < 1.29 is 18.0 Å². The van der Waals surface area contributed by atoms with Crippen LogP contribution < -0.4 is 0 Å². The topological polar surface area (TPSA) is 24.8 Å². The maximum absolute atomic E-state index is 12.8. The van der Waals surface area contributed by atoms with Gasteiger partial charge < -0.3 is 4.84 Å². The van der Waals surface area contributed by atoms with E-state index in [2.05, 4.69) is 26.0 Å². The Morgan fingerprint density at radius 1 is 1.35 bits per heavy atom. The molecule has 0 N–H and O–H groups in total. The molecule has 0 spiro atoms. The van der Waals surface area contributed by atoms with Crippen molar-refractivity contribution in [2.75, 3.05) is 13.1 Å². The molecule has 0 amide bonds. The maximum Gasteiger partial charge on any atom is 0.416 e. The summed E-state index contributed by atoms with van der Waals surface area (Å²) in [6.07, 6.45) is -1.33. The zero-order valence-corrected chi connectivity index (χ0v) is 14.1. The van der Waals surface area contributed by atoms with Crippen molar-refractivity contribution >= 4 is 20.6 Å². The SMILES string of the molecule is FC(F)(F)c1cccc(CN2CCC[C@@H]([C@H]3CC(Br)=NO3)C2)c1. The van der Waals surface area contributed by atoms with Gasteiger partial charge in [0.1, 0.15) is 10.7 Å². The van der Waals surface area contributed by atoms with Gasteiger partial charge in [-0.25, -0.2) is 0 Å². The van der Waals surface area contributed by atoms with E-state index in [-0.39, 0.29) is 6.10 Å². The molecule has 2 aliphatic rings. The minimum Gasteiger partial charge on any atom is -0.391 e. The fraction of sp³-hybridized carbons (Fsp3) is 0.562. The van der Waals surface area contributed by atoms with Crippen LogP contribution in [0.2, 0.25) is 0 Å². The summed E-state index contributed by atoms with van der Waals surface area (Å²) in [5.41, 5.74) is 0.116. The highest BCUT2D eigenvalue weighted by atomic mass is 79.9. The summed E-state index contributed by atoms with van der Waals surface area (Å²) in [5.74, 6) is 0.369. The first-order valence-corrected chi connectivity index (χ1v) is 8.48. The van der Waals surface area contributed by atoms with Gasteiger partial charge in [-0.1, -0.05) is 23.4 Å². The van der Waals surface area contributed by atoms with E-state index in [0.717, 1.165) is 43.0 Å². The molecule has 1 aromatic carbocycles. The van der Waals surface area contributed by atoms with Crippen LogP contribution in [-0.2, 0) is 17.6 Å². The predicted molar refractivity (Wildman–Crippen MR) is 85.3 cm³/mol. The van der Waals surface area contributed by atoms with Crippen LogP contribution in [0.3, 0.4) is 0 Å². The standard InChI is InChI=1S/C16H18BrF3N2O/c17-15-8-14(23-21-15)12-4-2-6-22(10-12)9-11-3-1-5-13(7-11)16(18,19)20/h1,3,5,7,12,14H,2,4,6,8-10H2/t12-,14-/m1/s1. The molecule has 2 heterocycles. The smallest absolute Gasteiger partial charge is 0.391 e. The van der Waals surface area contributed by atoms with E-state index < -0.39 is 11.7 Å². The van der Waals surface area contributed by atoms with E-state index in [0.29, 0.717) is 18.0 Å². The van der Waals surface area contributed by atoms with Gasteiger partial charge in [0, 0.05) is 25.4 Å². The number of likely N-dealkylation sites (tertiary alicyclic amines) is 1. The van der Waals surface area contributed by atoms with Crippen LogP contribution in [0.1, 0.15) is 30.4 Å². The summed E-state index contributed by atoms with van der Waals surface area (Å²) in [4.78, 5) is 7.64. The Hall–Kier alpha value is -1.08. The molecule has 1 saturated heterocycles. The molecule has 1 fully saturated rings. The van der Waals surface area contributed by atoms with Crippen molar-refractivity contribution in [3.63, 3.8) is 0 Å². The van der Waals surface area contributed by atoms with Crippen molar-refractivity contribution in [3.05, 3.63) is 35.4 Å². The molecule has 0 saturated carbocycles. The van der Waals surface area contributed by atoms with Gasteiger partial charge in [-0.05, 0) is 46.9 Å². The average molecular weight is 391 g/mol. The Kier molecular flexibility index (Phi) is 4.96. The van der Waals surface area contributed by atoms with E-state index in [1.807, 2.05) is 0 Å². The number of piperidine rings is 1. The number of hydrogen-bond acceptors (Lipinski definition) is 3. The highest BCUT2D eigenvalue weighted by Crippen LogP contribution is 2.31. The van der Waals surface area contributed by atoms with Crippen LogP contribution in [0.4, 0.5) is 13.2 Å². The minimum absolute atomic E-state index is 0.0775. The molecular formula is C16H18BrF3N2O. The molecule has 1 aromatic rings. The number of oxime groups is 1. The zero-order chi connectivity index (χ0) is 16.4. The second-order valence-electron chi connectivity index (χ2n) is 6.15. The van der Waals surface area contributed by atoms with E-state index in [9.17, 15) is 13.2 Å². The molecule has 0 unspecified atom stereocenters. The zero-order valence-electron chi connectivity index (χ0n) is 12.5. The van der Waals surface area contributed by atoms with Gasteiger partial charge >= 0.3 is 6.18 Å². The summed E-state index contributed by atoms with van der Waals surface area (Å²) >= 11 is 3.35. The molecule has 2 aliphatic heterocycles. The molecule has 126 valence electrons. The molecule has 7 heteroatoms. The average Bonchev–Trinajstić information content (AvgIpc) is 2.94. The number of nitrogens with zero attached hydrogens (tertiary/aromatic N) is 2. The Labute approximate surface area is 141 Å². The Bertz CT molecular complexity index is 591. The maximum atomic E-state index is 12.8. The number of benzene rings is 1. The van der Waals surface area contributed by atoms with Gasteiger partial charge in [0.25, 0.3) is 0 Å². The van der Waals surface area contributed by atoms with E-state index >= 15 is 0 Å². The van der Waals surface area contributed by atoms with Gasteiger partial charge in [-0.15, -0.1) is 0 Å². The predicted octanol–water partition coefficient (Wildman–Crippen LogP) is 4.41. The quantitative estimate of drug-likeness (QED) is 0.763. The third kappa shape index (κ3) is 4.26. The molecule has 0 radical (unpaired) electrons. The number of rotatable bonds is 3. The molecule has 0 aromatic heterocycles. The first-order valence-electron chi connectivity index (χ1n) is 7.68. The van der Waals surface area contributed by atoms with Crippen molar-refractivity contribution in [2.24, 2.45) is 11.1 Å². The molecule has 3 nitrogen and oxygen atoms in total. The Morgan fingerprint density at radius 3 is 2.87 bits per heavy atom. The summed E-state index contributed by atoms with van der Waals surface area (Å²) < 4.78 is 39.2. The number of hydrogen-bond donors (Lipinski definition) is 0. The van der Waals surface area contributed by atoms with Crippen LogP contribution >= 0.6 is 15.9 Å².